The Hall–Kier alpha value is -5.22. The van der Waals surface area contributed by atoms with E-state index in [0.717, 1.165) is 54.6 Å². The van der Waals surface area contributed by atoms with E-state index in [2.05, 4.69) is 16.0 Å². The van der Waals surface area contributed by atoms with Crippen LogP contribution in [0, 0.1) is 11.8 Å². The number of allylic oxidation sites excluding steroid dienone is 3. The van der Waals surface area contributed by atoms with Crippen LogP contribution in [0.3, 0.4) is 0 Å². The van der Waals surface area contributed by atoms with Gasteiger partial charge in [-0.1, -0.05) is 67.7 Å². The first-order chi connectivity index (χ1) is 34.9. The Labute approximate surface area is 443 Å². The number of halogens is 1. The molecule has 6 amide bonds. The molecule has 0 radical (unpaired) electrons. The highest BCUT2D eigenvalue weighted by Crippen LogP contribution is 2.48. The average molecular weight is 1080 g/mol. The molecule has 7 N–H and O–H groups in total. The van der Waals surface area contributed by atoms with E-state index in [-0.39, 0.29) is 67.4 Å². The summed E-state index contributed by atoms with van der Waals surface area (Å²) in [5, 5.41) is 28.0. The third-order valence-electron chi connectivity index (χ3n) is 14.1. The highest BCUT2D eigenvalue weighted by molar-refractivity contribution is 8.00. The minimum atomic E-state index is -1.61. The van der Waals surface area contributed by atoms with Crippen molar-refractivity contribution in [2.75, 3.05) is 40.6 Å². The quantitative estimate of drug-likeness (QED) is 0.0252. The topological polar surface area (TPSA) is 286 Å². The Bertz CT molecular complexity index is 2230. The molecule has 3 heterocycles. The number of thioether (sulfide) groups is 1. The molecule has 3 aliphatic heterocycles. The number of epoxide rings is 1. The lowest BCUT2D eigenvalue weighted by Crippen LogP contribution is -2.57. The first-order valence-electron chi connectivity index (χ1n) is 25.3. The average Bonchev–Trinajstić information content (AvgIpc) is 4.01. The van der Waals surface area contributed by atoms with Crippen molar-refractivity contribution in [3.05, 3.63) is 52.6 Å². The van der Waals surface area contributed by atoms with E-state index >= 15 is 0 Å². The summed E-state index contributed by atoms with van der Waals surface area (Å²) < 4.78 is 22.9. The normalized spacial score (nSPS) is 24.6. The standard InChI is InChI=1S/C39H53ClN4O11S.C13H24N2O3/c1-22(17-25-12-13-26(40)27(18-25)52-8)11-9-10-15-39(51)21-28(53-37(50)42-39)23(2)34-38(4,55-34)30(20-31(45)41-5)54-36(49)24(3)43(6)32(46)14-16-56-29-19-33(47)44(7)35(29)48;14-11(13(17)18)8-4-5-9-15-12(16)10-6-2-1-3-7-10/h9-13,18,23-24,28-30,34,51H,14-17,19-21H2,1-8H3,(H,41,45)(H,42,50);10-11H,1-9,14H2,(H,15,16)(H,17,18)/b10-9+,22-11+;/t23-,24+,28?,29?,30+,34+,38?,39-;11-/m10/s1. The Balaban J connectivity index is 0.000000554. The summed E-state index contributed by atoms with van der Waals surface area (Å²) in [6.07, 6.45) is 10.5. The first-order valence-corrected chi connectivity index (χ1v) is 26.7. The van der Waals surface area contributed by atoms with E-state index < -0.39 is 76.8 Å². The van der Waals surface area contributed by atoms with Crippen LogP contribution in [0.4, 0.5) is 4.79 Å². The number of likely N-dealkylation sites (tertiary alicyclic amines) is 1. The second kappa shape index (κ2) is 28.6. The number of hydrogen-bond donors (Lipinski definition) is 6. The number of rotatable bonds is 25. The van der Waals surface area contributed by atoms with Crippen molar-refractivity contribution in [2.24, 2.45) is 17.6 Å². The summed E-state index contributed by atoms with van der Waals surface area (Å²) in [7, 11) is 5.90. The molecule has 74 heavy (non-hydrogen) atoms. The number of imide groups is 1. The second-order valence-corrected chi connectivity index (χ2v) is 21.5. The van der Waals surface area contributed by atoms with Gasteiger partial charge in [0.15, 0.2) is 0 Å². The molecule has 4 aliphatic rings. The molecule has 22 heteroatoms. The van der Waals surface area contributed by atoms with Crippen molar-refractivity contribution in [2.45, 2.75) is 165 Å². The number of carbonyl (C=O) groups excluding carboxylic acids is 7. The van der Waals surface area contributed by atoms with Gasteiger partial charge in [-0.05, 0) is 77.0 Å². The van der Waals surface area contributed by atoms with Gasteiger partial charge in [0.1, 0.15) is 41.4 Å². The van der Waals surface area contributed by atoms with Crippen molar-refractivity contribution in [3.8, 4) is 5.75 Å². The van der Waals surface area contributed by atoms with Gasteiger partial charge in [0.05, 0.1) is 29.9 Å². The molecule has 1 aromatic rings. The van der Waals surface area contributed by atoms with Gasteiger partial charge in [0.2, 0.25) is 29.5 Å². The lowest BCUT2D eigenvalue weighted by atomic mass is 9.84. The lowest BCUT2D eigenvalue weighted by Gasteiger charge is -2.39. The number of carbonyl (C=O) groups is 8. The van der Waals surface area contributed by atoms with Crippen molar-refractivity contribution in [3.63, 3.8) is 0 Å². The summed E-state index contributed by atoms with van der Waals surface area (Å²) in [5.41, 5.74) is 4.70. The van der Waals surface area contributed by atoms with E-state index in [1.165, 1.54) is 51.1 Å². The number of carboxylic acids is 1. The van der Waals surface area contributed by atoms with E-state index in [0.29, 0.717) is 30.2 Å². The fraction of sp³-hybridized carbons (Fsp3) is 0.654. The zero-order chi connectivity index (χ0) is 54.9. The van der Waals surface area contributed by atoms with Gasteiger partial charge >= 0.3 is 18.0 Å². The van der Waals surface area contributed by atoms with Gasteiger partial charge in [-0.3, -0.25) is 39.0 Å². The van der Waals surface area contributed by atoms with Crippen molar-refractivity contribution in [1.29, 1.82) is 0 Å². The highest BCUT2D eigenvalue weighted by Gasteiger charge is 2.64. The summed E-state index contributed by atoms with van der Waals surface area (Å²) in [4.78, 5) is 100. The largest absolute Gasteiger partial charge is 0.495 e. The van der Waals surface area contributed by atoms with Crippen molar-refractivity contribution < 1.29 is 67.5 Å². The maximum atomic E-state index is 13.4. The maximum absolute atomic E-state index is 13.4. The van der Waals surface area contributed by atoms with Crippen LogP contribution < -0.4 is 26.4 Å². The van der Waals surface area contributed by atoms with E-state index in [1.54, 1.807) is 33.1 Å². The van der Waals surface area contributed by atoms with Crippen LogP contribution in [0.1, 0.15) is 117 Å². The summed E-state index contributed by atoms with van der Waals surface area (Å²) >= 11 is 7.36. The van der Waals surface area contributed by atoms with Crippen LogP contribution >= 0.6 is 23.4 Å². The van der Waals surface area contributed by atoms with Crippen LogP contribution in [0.15, 0.2) is 42.0 Å². The number of methoxy groups -OCH3 is 1. The molecular formula is C52H77ClN6O14S. The van der Waals surface area contributed by atoms with Crippen LogP contribution in [0.2, 0.25) is 5.02 Å². The minimum absolute atomic E-state index is 0.0241. The second-order valence-electron chi connectivity index (χ2n) is 19.8. The zero-order valence-corrected chi connectivity index (χ0v) is 45.5. The summed E-state index contributed by atoms with van der Waals surface area (Å²) in [6.45, 7) is 7.60. The van der Waals surface area contributed by atoms with Crippen molar-refractivity contribution in [1.82, 2.24) is 25.8 Å². The number of cyclic esters (lactones) is 1. The number of amides is 6. The van der Waals surface area contributed by atoms with Gasteiger partial charge in [-0.25, -0.2) is 9.59 Å². The maximum Gasteiger partial charge on any atom is 0.409 e. The number of hydrogen-bond acceptors (Lipinski definition) is 15. The third kappa shape index (κ3) is 18.0. The Morgan fingerprint density at radius 3 is 2.46 bits per heavy atom. The number of carboxylic acid groups (broad SMARTS) is 1. The predicted molar refractivity (Wildman–Crippen MR) is 278 cm³/mol. The highest BCUT2D eigenvalue weighted by atomic mass is 35.5. The molecule has 0 aromatic heterocycles. The van der Waals surface area contributed by atoms with Crippen LogP contribution in [-0.2, 0) is 54.2 Å². The number of aliphatic carboxylic acids is 1. The number of nitrogens with one attached hydrogen (secondary N) is 3. The molecule has 3 saturated heterocycles. The number of nitrogens with two attached hydrogens (primary N) is 1. The van der Waals surface area contributed by atoms with E-state index in [9.17, 15) is 43.5 Å². The van der Waals surface area contributed by atoms with Gasteiger partial charge in [0, 0.05) is 71.0 Å². The molecule has 5 rings (SSSR count). The predicted octanol–water partition coefficient (Wildman–Crippen LogP) is 4.80. The molecule has 1 aromatic carbocycles. The fourth-order valence-corrected chi connectivity index (χ4v) is 10.5. The van der Waals surface area contributed by atoms with Crippen molar-refractivity contribution >= 4 is 70.9 Å². The Morgan fingerprint density at radius 1 is 1.12 bits per heavy atom. The Morgan fingerprint density at radius 2 is 1.82 bits per heavy atom. The molecule has 0 bridgehead atoms. The van der Waals surface area contributed by atoms with Gasteiger partial charge in [0.25, 0.3) is 0 Å². The number of alkyl carbamates (subject to hydrolysis) is 1. The van der Waals surface area contributed by atoms with Gasteiger partial charge in [-0.2, -0.15) is 0 Å². The molecule has 3 unspecified atom stereocenters. The van der Waals surface area contributed by atoms with Gasteiger partial charge in [-0.15, -0.1) is 11.8 Å². The molecule has 20 nitrogen and oxygen atoms in total. The number of unbranched alkanes of at least 4 members (excludes halogenated alkanes) is 1. The first kappa shape index (κ1) is 61.3. The minimum Gasteiger partial charge on any atom is -0.495 e. The number of ether oxygens (including phenoxy) is 4. The van der Waals surface area contributed by atoms with Crippen LogP contribution in [-0.4, -0.2) is 155 Å². The number of likely N-dealkylation sites (N-methyl/N-ethyl adjacent to an activating group) is 1. The monoisotopic (exact) mass is 1080 g/mol. The van der Waals surface area contributed by atoms with Crippen LogP contribution in [0.25, 0.3) is 0 Å². The number of esters is 1. The molecular weight excluding hydrogens is 1000 g/mol. The molecule has 1 saturated carbocycles. The van der Waals surface area contributed by atoms with E-state index in [4.69, 9.17) is 41.4 Å². The molecule has 1 aliphatic carbocycles. The number of nitrogens with zero attached hydrogens (tertiary/aromatic N) is 2. The summed E-state index contributed by atoms with van der Waals surface area (Å²) in [5.74, 6) is -2.29. The van der Waals surface area contributed by atoms with Gasteiger partial charge < -0.3 is 50.4 Å². The number of aliphatic hydroxyl groups is 1. The smallest absolute Gasteiger partial charge is 0.409 e. The third-order valence-corrected chi connectivity index (χ3v) is 15.7. The Kier molecular flexibility index (Phi) is 23.7. The molecule has 0 spiro atoms. The van der Waals surface area contributed by atoms with E-state index in [1.807, 2.05) is 31.2 Å². The molecule has 412 valence electrons. The summed E-state index contributed by atoms with van der Waals surface area (Å²) in [6, 6.07) is 3.78. The zero-order valence-electron chi connectivity index (χ0n) is 43.9. The lowest BCUT2D eigenvalue weighted by molar-refractivity contribution is -0.162. The molecule has 4 fully saturated rings. The molecule has 9 atom stereocenters. The fourth-order valence-electron chi connectivity index (χ4n) is 9.12. The van der Waals surface area contributed by atoms with Crippen LogP contribution in [0.5, 0.6) is 5.75 Å². The number of benzene rings is 1. The SMILES string of the molecule is CNC(=O)C[C@H](OC(=O)[C@H](C)N(C)C(=O)CCSC1CC(=O)N(C)C1=O)C1(C)O[C@H]1[C@H](C)C1C[C@](O)(C/C=C/C=C(\C)Cc2ccc(Cl)c(OC)c2)NC(=O)O1.N[C@@H](CCCCNC(=O)C1CCCCC1)C(=O)O.